The fourth-order valence-corrected chi connectivity index (χ4v) is 5.28. The average Bonchev–Trinajstić information content (AvgIpc) is 2.86. The zero-order valence-corrected chi connectivity index (χ0v) is 20.7. The summed E-state index contributed by atoms with van der Waals surface area (Å²) in [4.78, 5) is 16.0. The second-order valence-corrected chi connectivity index (χ2v) is 9.70. The number of nitrogens with zero attached hydrogens (tertiary/aromatic N) is 2. The number of quaternary nitrogens is 1. The Morgan fingerprint density at radius 1 is 0.853 bits per heavy atom. The molecular formula is C30H37N2O2+. The zero-order valence-electron chi connectivity index (χ0n) is 20.7. The maximum atomic E-state index is 13.5. The highest BCUT2D eigenvalue weighted by molar-refractivity contribution is 5.66. The van der Waals surface area contributed by atoms with Gasteiger partial charge in [0.05, 0.1) is 20.1 Å². The minimum atomic E-state index is 0.248. The Morgan fingerprint density at radius 3 is 1.94 bits per heavy atom. The number of amides is 1. The lowest BCUT2D eigenvalue weighted by Gasteiger charge is -2.45. The van der Waals surface area contributed by atoms with E-state index in [0.29, 0.717) is 17.1 Å². The van der Waals surface area contributed by atoms with Gasteiger partial charge in [0.2, 0.25) is 0 Å². The normalized spacial score (nSPS) is 16.7. The molecule has 0 N–H and O–H groups in total. The molecule has 0 aromatic heterocycles. The van der Waals surface area contributed by atoms with Gasteiger partial charge >= 0.3 is 5.91 Å². The first-order valence-corrected chi connectivity index (χ1v) is 12.3. The van der Waals surface area contributed by atoms with E-state index in [1.54, 1.807) is 14.0 Å². The fourth-order valence-electron chi connectivity index (χ4n) is 5.28. The molecule has 0 saturated carbocycles. The molecule has 4 rings (SSSR count). The molecule has 178 valence electrons. The van der Waals surface area contributed by atoms with E-state index in [-0.39, 0.29) is 5.91 Å². The van der Waals surface area contributed by atoms with Crippen molar-refractivity contribution in [3.8, 4) is 5.75 Å². The summed E-state index contributed by atoms with van der Waals surface area (Å²) >= 11 is 0. The maximum Gasteiger partial charge on any atom is 0.311 e. The third-order valence-electron chi connectivity index (χ3n) is 7.34. The monoisotopic (exact) mass is 457 g/mol. The first kappa shape index (κ1) is 24.2. The molecule has 1 saturated heterocycles. The van der Waals surface area contributed by atoms with Crippen LogP contribution in [0.25, 0.3) is 0 Å². The van der Waals surface area contributed by atoms with Gasteiger partial charge in [-0.3, -0.25) is 9.38 Å². The number of carbonyl (C=O) groups is 1. The predicted octanol–water partition coefficient (Wildman–Crippen LogP) is 5.73. The number of aryl methyl sites for hydroxylation is 1. The van der Waals surface area contributed by atoms with Crippen LogP contribution in [0, 0.1) is 6.92 Å². The SMILES string of the molecule is COc1ccc(C[N+](Cc2ccc(C)cc2)(C(C)=O)C2CCN(Cc3ccccc3)CC2)cc1. The number of carbonyl (C=O) groups excluding carboxylic acids is 1. The molecule has 1 atom stereocenters. The van der Waals surface area contributed by atoms with Gasteiger partial charge in [0, 0.05) is 43.6 Å². The summed E-state index contributed by atoms with van der Waals surface area (Å²) < 4.78 is 5.82. The molecule has 4 heteroatoms. The van der Waals surface area contributed by atoms with Crippen molar-refractivity contribution >= 4 is 5.91 Å². The molecule has 0 spiro atoms. The number of benzene rings is 3. The Labute approximate surface area is 204 Å². The van der Waals surface area contributed by atoms with Crippen molar-refractivity contribution in [2.75, 3.05) is 20.2 Å². The molecule has 34 heavy (non-hydrogen) atoms. The van der Waals surface area contributed by atoms with Crippen LogP contribution in [-0.4, -0.2) is 41.5 Å². The average molecular weight is 458 g/mol. The second kappa shape index (κ2) is 11.0. The Kier molecular flexibility index (Phi) is 7.81. The zero-order chi connectivity index (χ0) is 24.0. The highest BCUT2D eigenvalue weighted by Gasteiger charge is 2.43. The Hall–Kier alpha value is -2.95. The van der Waals surface area contributed by atoms with Gasteiger partial charge in [-0.2, -0.15) is 0 Å². The number of rotatable bonds is 8. The van der Waals surface area contributed by atoms with E-state index in [1.807, 2.05) is 12.1 Å². The molecule has 1 aliphatic rings. The van der Waals surface area contributed by atoms with Crippen LogP contribution in [0.4, 0.5) is 0 Å². The summed E-state index contributed by atoms with van der Waals surface area (Å²) in [5.41, 5.74) is 5.00. The summed E-state index contributed by atoms with van der Waals surface area (Å²) in [5.74, 6) is 1.09. The quantitative estimate of drug-likeness (QED) is 0.405. The van der Waals surface area contributed by atoms with E-state index in [2.05, 4.69) is 78.6 Å². The third-order valence-corrected chi connectivity index (χ3v) is 7.34. The maximum absolute atomic E-state index is 13.5. The summed E-state index contributed by atoms with van der Waals surface area (Å²) in [6.07, 6.45) is 2.04. The first-order valence-electron chi connectivity index (χ1n) is 12.3. The van der Waals surface area contributed by atoms with Gasteiger partial charge in [0.1, 0.15) is 18.8 Å². The lowest BCUT2D eigenvalue weighted by atomic mass is 9.96. The second-order valence-electron chi connectivity index (χ2n) is 9.70. The number of hydrogen-bond donors (Lipinski definition) is 0. The van der Waals surface area contributed by atoms with Crippen molar-refractivity contribution in [2.24, 2.45) is 0 Å². The fraction of sp³-hybridized carbons (Fsp3) is 0.367. The molecule has 1 amide bonds. The largest absolute Gasteiger partial charge is 0.497 e. The highest BCUT2D eigenvalue weighted by Crippen LogP contribution is 2.32. The van der Waals surface area contributed by atoms with Crippen LogP contribution in [0.5, 0.6) is 5.75 Å². The Balaban J connectivity index is 1.58. The third kappa shape index (κ3) is 5.75. The number of likely N-dealkylation sites (tertiary alicyclic amines) is 1. The number of ether oxygens (including phenoxy) is 1. The molecule has 0 radical (unpaired) electrons. The van der Waals surface area contributed by atoms with E-state index in [9.17, 15) is 4.79 Å². The van der Waals surface area contributed by atoms with Gasteiger partial charge in [0.25, 0.3) is 0 Å². The van der Waals surface area contributed by atoms with Crippen LogP contribution in [-0.2, 0) is 24.4 Å². The van der Waals surface area contributed by atoms with E-state index in [4.69, 9.17) is 4.74 Å². The molecule has 4 nitrogen and oxygen atoms in total. The molecule has 0 bridgehead atoms. The van der Waals surface area contributed by atoms with Crippen molar-refractivity contribution < 1.29 is 14.0 Å². The van der Waals surface area contributed by atoms with Crippen LogP contribution in [0.15, 0.2) is 78.9 Å². The van der Waals surface area contributed by atoms with Gasteiger partial charge < -0.3 is 4.74 Å². The lowest BCUT2D eigenvalue weighted by Crippen LogP contribution is -2.60. The van der Waals surface area contributed by atoms with Gasteiger partial charge in [-0.15, -0.1) is 0 Å². The van der Waals surface area contributed by atoms with Gasteiger partial charge in [-0.1, -0.05) is 60.2 Å². The lowest BCUT2D eigenvalue weighted by molar-refractivity contribution is -0.906. The molecule has 1 unspecified atom stereocenters. The van der Waals surface area contributed by atoms with E-state index < -0.39 is 0 Å². The highest BCUT2D eigenvalue weighted by atomic mass is 16.5. The predicted molar refractivity (Wildman–Crippen MR) is 137 cm³/mol. The van der Waals surface area contributed by atoms with Crippen LogP contribution in [0.1, 0.15) is 42.0 Å². The smallest absolute Gasteiger partial charge is 0.311 e. The number of methoxy groups -OCH3 is 1. The molecule has 3 aromatic carbocycles. The van der Waals surface area contributed by atoms with E-state index in [1.165, 1.54) is 22.3 Å². The van der Waals surface area contributed by atoms with Crippen molar-refractivity contribution in [3.63, 3.8) is 0 Å². The van der Waals surface area contributed by atoms with Crippen molar-refractivity contribution in [1.82, 2.24) is 4.90 Å². The van der Waals surface area contributed by atoms with Crippen LogP contribution in [0.3, 0.4) is 0 Å². The van der Waals surface area contributed by atoms with E-state index in [0.717, 1.165) is 44.8 Å². The molecule has 1 heterocycles. The molecule has 0 aliphatic carbocycles. The van der Waals surface area contributed by atoms with Gasteiger partial charge in [0.15, 0.2) is 0 Å². The minimum Gasteiger partial charge on any atom is -0.497 e. The Morgan fingerprint density at radius 2 is 1.41 bits per heavy atom. The van der Waals surface area contributed by atoms with Crippen molar-refractivity contribution in [2.45, 2.75) is 52.4 Å². The molecule has 1 aliphatic heterocycles. The first-order chi connectivity index (χ1) is 16.5. The standard InChI is InChI=1S/C30H37N2O2/c1-24-9-11-27(12-10-24)22-32(25(2)33,23-28-13-15-30(34-3)16-14-28)29-17-19-31(20-18-29)21-26-7-5-4-6-8-26/h4-16,29H,17-23H2,1-3H3/q+1. The van der Waals surface area contributed by atoms with E-state index >= 15 is 0 Å². The minimum absolute atomic E-state index is 0.248. The number of hydrogen-bond acceptors (Lipinski definition) is 3. The molecule has 3 aromatic rings. The summed E-state index contributed by atoms with van der Waals surface area (Å²) in [5, 5.41) is 0. The molecular weight excluding hydrogens is 420 g/mol. The van der Waals surface area contributed by atoms with Gasteiger partial charge in [-0.05, 0) is 36.8 Å². The van der Waals surface area contributed by atoms with Gasteiger partial charge in [-0.25, -0.2) is 4.79 Å². The van der Waals surface area contributed by atoms with Crippen LogP contribution < -0.4 is 4.74 Å². The van der Waals surface area contributed by atoms with Crippen LogP contribution in [0.2, 0.25) is 0 Å². The number of piperidine rings is 1. The van der Waals surface area contributed by atoms with Crippen LogP contribution >= 0.6 is 0 Å². The summed E-state index contributed by atoms with van der Waals surface area (Å²) in [7, 11) is 1.69. The van der Waals surface area contributed by atoms with Crippen molar-refractivity contribution in [1.29, 1.82) is 0 Å². The topological polar surface area (TPSA) is 29.5 Å². The summed E-state index contributed by atoms with van der Waals surface area (Å²) in [6.45, 7) is 8.34. The Bertz CT molecular complexity index is 1060. The van der Waals surface area contributed by atoms with Crippen molar-refractivity contribution in [3.05, 3.63) is 101 Å². The molecule has 1 fully saturated rings. The summed E-state index contributed by atoms with van der Waals surface area (Å²) in [6, 6.07) is 27.9.